The number of hydrogen-bond acceptors (Lipinski definition) is 3. The van der Waals surface area contributed by atoms with Crippen LogP contribution in [0.5, 0.6) is 0 Å². The van der Waals surface area contributed by atoms with Gasteiger partial charge in [-0.05, 0) is 56.9 Å². The fraction of sp³-hybridized carbons (Fsp3) is 0.300. The van der Waals surface area contributed by atoms with Crippen LogP contribution in [0.4, 0.5) is 10.5 Å². The van der Waals surface area contributed by atoms with Crippen molar-refractivity contribution in [2.24, 2.45) is 0 Å². The number of aryl methyl sites for hydroxylation is 2. The van der Waals surface area contributed by atoms with Crippen LogP contribution in [0.3, 0.4) is 0 Å². The highest BCUT2D eigenvalue weighted by Crippen LogP contribution is 2.15. The maximum atomic E-state index is 11.8. The standard InChI is InChI=1S/C20H23NO3/c1-20(2,3)24-19(23)21-18-6-4-5-16(13-18)10-7-15-8-11-17(14-22)12-9-15/h4-6,8-9,11-14H,7,10H2,1-3H3,(H,21,23). The van der Waals surface area contributed by atoms with Gasteiger partial charge >= 0.3 is 6.09 Å². The van der Waals surface area contributed by atoms with Gasteiger partial charge in [-0.2, -0.15) is 0 Å². The summed E-state index contributed by atoms with van der Waals surface area (Å²) in [6.45, 7) is 5.50. The molecule has 0 fully saturated rings. The van der Waals surface area contributed by atoms with Crippen molar-refractivity contribution in [3.63, 3.8) is 0 Å². The zero-order chi connectivity index (χ0) is 17.6. The molecule has 0 radical (unpaired) electrons. The molecular formula is C20H23NO3. The van der Waals surface area contributed by atoms with Gasteiger partial charge in [-0.3, -0.25) is 10.1 Å². The SMILES string of the molecule is CC(C)(C)OC(=O)Nc1cccc(CCc2ccc(C=O)cc2)c1. The van der Waals surface area contributed by atoms with E-state index < -0.39 is 11.7 Å². The summed E-state index contributed by atoms with van der Waals surface area (Å²) >= 11 is 0. The number of ether oxygens (including phenoxy) is 1. The van der Waals surface area contributed by atoms with E-state index in [1.807, 2.05) is 69.3 Å². The Hall–Kier alpha value is -2.62. The molecule has 0 aromatic heterocycles. The summed E-state index contributed by atoms with van der Waals surface area (Å²) in [6.07, 6.45) is 2.11. The van der Waals surface area contributed by atoms with E-state index in [9.17, 15) is 9.59 Å². The molecular weight excluding hydrogens is 302 g/mol. The van der Waals surface area contributed by atoms with Gasteiger partial charge in [0.2, 0.25) is 0 Å². The molecule has 126 valence electrons. The topological polar surface area (TPSA) is 55.4 Å². The van der Waals surface area contributed by atoms with Crippen molar-refractivity contribution >= 4 is 18.1 Å². The fourth-order valence-corrected chi connectivity index (χ4v) is 2.28. The zero-order valence-electron chi connectivity index (χ0n) is 14.3. The molecule has 24 heavy (non-hydrogen) atoms. The maximum Gasteiger partial charge on any atom is 0.412 e. The second kappa shape index (κ2) is 7.77. The van der Waals surface area contributed by atoms with Crippen LogP contribution < -0.4 is 5.32 Å². The number of rotatable bonds is 5. The second-order valence-electron chi connectivity index (χ2n) is 6.69. The Morgan fingerprint density at radius 2 is 1.71 bits per heavy atom. The van der Waals surface area contributed by atoms with Gasteiger partial charge in [-0.15, -0.1) is 0 Å². The largest absolute Gasteiger partial charge is 0.444 e. The van der Waals surface area contributed by atoms with Crippen molar-refractivity contribution < 1.29 is 14.3 Å². The molecule has 0 atom stereocenters. The number of amides is 1. The molecule has 0 aliphatic heterocycles. The Morgan fingerprint density at radius 3 is 2.33 bits per heavy atom. The predicted octanol–water partition coefficient (Wildman–Crippen LogP) is 4.63. The van der Waals surface area contributed by atoms with E-state index in [4.69, 9.17) is 4.74 Å². The molecule has 0 saturated heterocycles. The number of anilines is 1. The lowest BCUT2D eigenvalue weighted by Gasteiger charge is -2.19. The molecule has 0 heterocycles. The first-order valence-corrected chi connectivity index (χ1v) is 7.99. The summed E-state index contributed by atoms with van der Waals surface area (Å²) in [5.74, 6) is 0. The van der Waals surface area contributed by atoms with Crippen molar-refractivity contribution in [3.8, 4) is 0 Å². The average Bonchev–Trinajstić information content (AvgIpc) is 2.52. The van der Waals surface area contributed by atoms with Crippen LogP contribution in [0.15, 0.2) is 48.5 Å². The Kier molecular flexibility index (Phi) is 5.74. The minimum Gasteiger partial charge on any atom is -0.444 e. The molecule has 2 aromatic rings. The van der Waals surface area contributed by atoms with Crippen molar-refractivity contribution in [3.05, 3.63) is 65.2 Å². The van der Waals surface area contributed by atoms with E-state index >= 15 is 0 Å². The summed E-state index contributed by atoms with van der Waals surface area (Å²) in [6, 6.07) is 15.3. The third-order valence-electron chi connectivity index (χ3n) is 3.39. The quantitative estimate of drug-likeness (QED) is 0.815. The van der Waals surface area contributed by atoms with Crippen molar-refractivity contribution in [1.82, 2.24) is 0 Å². The van der Waals surface area contributed by atoms with Crippen molar-refractivity contribution in [1.29, 1.82) is 0 Å². The molecule has 2 rings (SSSR count). The van der Waals surface area contributed by atoms with E-state index in [-0.39, 0.29) is 0 Å². The Balaban J connectivity index is 1.94. The molecule has 0 aliphatic rings. The highest BCUT2D eigenvalue weighted by atomic mass is 16.6. The van der Waals surface area contributed by atoms with Crippen LogP contribution in [0.1, 0.15) is 42.3 Å². The van der Waals surface area contributed by atoms with Gasteiger partial charge in [-0.25, -0.2) is 4.79 Å². The number of hydrogen-bond donors (Lipinski definition) is 1. The summed E-state index contributed by atoms with van der Waals surface area (Å²) in [4.78, 5) is 22.5. The third kappa shape index (κ3) is 5.88. The van der Waals surface area contributed by atoms with E-state index in [1.165, 1.54) is 5.56 Å². The van der Waals surface area contributed by atoms with Gasteiger partial charge in [0, 0.05) is 11.3 Å². The lowest BCUT2D eigenvalue weighted by molar-refractivity contribution is 0.0636. The molecule has 1 amide bonds. The van der Waals surface area contributed by atoms with Gasteiger partial charge in [-0.1, -0.05) is 36.4 Å². The second-order valence-corrected chi connectivity index (χ2v) is 6.69. The van der Waals surface area contributed by atoms with Crippen LogP contribution in [-0.4, -0.2) is 18.0 Å². The van der Waals surface area contributed by atoms with Crippen LogP contribution in [0, 0.1) is 0 Å². The first-order chi connectivity index (χ1) is 11.4. The molecule has 4 heteroatoms. The van der Waals surface area contributed by atoms with Gasteiger partial charge < -0.3 is 4.74 Å². The van der Waals surface area contributed by atoms with E-state index in [0.717, 1.165) is 30.4 Å². The summed E-state index contributed by atoms with van der Waals surface area (Å²) in [5.41, 5.74) is 3.18. The van der Waals surface area contributed by atoms with Gasteiger partial charge in [0.15, 0.2) is 0 Å². The van der Waals surface area contributed by atoms with E-state index in [0.29, 0.717) is 5.56 Å². The maximum absolute atomic E-state index is 11.8. The highest BCUT2D eigenvalue weighted by molar-refractivity contribution is 5.84. The monoisotopic (exact) mass is 325 g/mol. The van der Waals surface area contributed by atoms with Crippen LogP contribution in [0.2, 0.25) is 0 Å². The molecule has 0 saturated carbocycles. The fourth-order valence-electron chi connectivity index (χ4n) is 2.28. The number of aldehydes is 1. The summed E-state index contributed by atoms with van der Waals surface area (Å²) < 4.78 is 5.25. The van der Waals surface area contributed by atoms with Crippen LogP contribution >= 0.6 is 0 Å². The van der Waals surface area contributed by atoms with Gasteiger partial charge in [0.25, 0.3) is 0 Å². The number of carbonyl (C=O) groups is 2. The Bertz CT molecular complexity index is 700. The lowest BCUT2D eigenvalue weighted by atomic mass is 10.0. The van der Waals surface area contributed by atoms with Crippen molar-refractivity contribution in [2.45, 2.75) is 39.2 Å². The van der Waals surface area contributed by atoms with Crippen LogP contribution in [0.25, 0.3) is 0 Å². The summed E-state index contributed by atoms with van der Waals surface area (Å²) in [7, 11) is 0. The molecule has 0 aliphatic carbocycles. The molecule has 4 nitrogen and oxygen atoms in total. The number of carbonyl (C=O) groups excluding carboxylic acids is 2. The minimum atomic E-state index is -0.518. The molecule has 2 aromatic carbocycles. The summed E-state index contributed by atoms with van der Waals surface area (Å²) in [5, 5.41) is 2.75. The van der Waals surface area contributed by atoms with E-state index in [1.54, 1.807) is 0 Å². The number of nitrogens with one attached hydrogen (secondary N) is 1. The van der Waals surface area contributed by atoms with Gasteiger partial charge in [0.1, 0.15) is 11.9 Å². The Morgan fingerprint density at radius 1 is 1.04 bits per heavy atom. The lowest BCUT2D eigenvalue weighted by Crippen LogP contribution is -2.27. The average molecular weight is 325 g/mol. The minimum absolute atomic E-state index is 0.455. The highest BCUT2D eigenvalue weighted by Gasteiger charge is 2.16. The predicted molar refractivity (Wildman–Crippen MR) is 95.5 cm³/mol. The molecule has 0 unspecified atom stereocenters. The first-order valence-electron chi connectivity index (χ1n) is 7.99. The smallest absolute Gasteiger partial charge is 0.412 e. The molecule has 1 N–H and O–H groups in total. The Labute approximate surface area is 142 Å². The van der Waals surface area contributed by atoms with E-state index in [2.05, 4.69) is 5.32 Å². The number of benzene rings is 2. The van der Waals surface area contributed by atoms with Crippen molar-refractivity contribution in [2.75, 3.05) is 5.32 Å². The van der Waals surface area contributed by atoms with Gasteiger partial charge in [0.05, 0.1) is 0 Å². The van der Waals surface area contributed by atoms with Crippen LogP contribution in [-0.2, 0) is 17.6 Å². The zero-order valence-corrected chi connectivity index (χ0v) is 14.3. The molecule has 0 spiro atoms. The first kappa shape index (κ1) is 17.7. The molecule has 0 bridgehead atoms. The normalized spacial score (nSPS) is 11.0. The third-order valence-corrected chi connectivity index (χ3v) is 3.39.